The summed E-state index contributed by atoms with van der Waals surface area (Å²) in [4.78, 5) is 23.3. The van der Waals surface area contributed by atoms with E-state index in [1.165, 1.54) is 35.4 Å². The number of fused-ring (bicyclic) bond motifs is 1. The minimum absolute atomic E-state index is 0.000141. The molecule has 0 aromatic carbocycles. The third-order valence-corrected chi connectivity index (χ3v) is 2.75. The zero-order valence-corrected chi connectivity index (χ0v) is 10.6. The van der Waals surface area contributed by atoms with Crippen molar-refractivity contribution in [2.24, 2.45) is 0 Å². The molecule has 3 heterocycles. The van der Waals surface area contributed by atoms with Gasteiger partial charge in [-0.3, -0.25) is 9.78 Å². The van der Waals surface area contributed by atoms with Crippen LogP contribution in [-0.4, -0.2) is 25.3 Å². The average Bonchev–Trinajstić information content (AvgIpc) is 2.92. The van der Waals surface area contributed by atoms with Gasteiger partial charge in [-0.2, -0.15) is 0 Å². The smallest absolute Gasteiger partial charge is 0.275 e. The number of halogens is 2. The lowest BCUT2D eigenvalue weighted by Crippen LogP contribution is -2.14. The molecule has 0 bridgehead atoms. The van der Waals surface area contributed by atoms with E-state index in [9.17, 15) is 13.6 Å². The standard InChI is InChI=1S/C13H9F2N5O/c14-4-9-7-20-6-8(3-10(15)12(20)18-9)19-13(21)11-5-16-1-2-17-11/h1-3,5-7H,4H2,(H,19,21). The number of imidazole rings is 1. The molecule has 0 aliphatic heterocycles. The van der Waals surface area contributed by atoms with Crippen molar-refractivity contribution >= 4 is 17.2 Å². The van der Waals surface area contributed by atoms with Crippen molar-refractivity contribution in [3.63, 3.8) is 0 Å². The van der Waals surface area contributed by atoms with E-state index < -0.39 is 18.4 Å². The Bertz CT molecular complexity index is 803. The van der Waals surface area contributed by atoms with Gasteiger partial charge in [-0.25, -0.2) is 18.7 Å². The van der Waals surface area contributed by atoms with Gasteiger partial charge in [-0.05, 0) is 0 Å². The van der Waals surface area contributed by atoms with E-state index in [1.54, 1.807) is 0 Å². The second kappa shape index (κ2) is 5.23. The molecule has 8 heteroatoms. The number of carbonyl (C=O) groups excluding carboxylic acids is 1. The molecule has 0 spiro atoms. The Hall–Kier alpha value is -2.90. The Balaban J connectivity index is 1.92. The van der Waals surface area contributed by atoms with E-state index in [0.29, 0.717) is 0 Å². The van der Waals surface area contributed by atoms with Gasteiger partial charge < -0.3 is 9.72 Å². The summed E-state index contributed by atoms with van der Waals surface area (Å²) in [5.74, 6) is -1.18. The molecule has 106 valence electrons. The monoisotopic (exact) mass is 289 g/mol. The van der Waals surface area contributed by atoms with E-state index in [4.69, 9.17) is 0 Å². The second-order valence-electron chi connectivity index (χ2n) is 4.22. The normalized spacial score (nSPS) is 10.8. The van der Waals surface area contributed by atoms with E-state index in [-0.39, 0.29) is 22.7 Å². The molecular formula is C13H9F2N5O. The van der Waals surface area contributed by atoms with Gasteiger partial charge in [0.05, 0.1) is 17.6 Å². The summed E-state index contributed by atoms with van der Waals surface area (Å²) in [6.45, 7) is -0.789. The summed E-state index contributed by atoms with van der Waals surface area (Å²) in [6.07, 6.45) is 6.91. The van der Waals surface area contributed by atoms with Crippen molar-refractivity contribution in [1.29, 1.82) is 0 Å². The summed E-state index contributed by atoms with van der Waals surface area (Å²) >= 11 is 0. The van der Waals surface area contributed by atoms with Gasteiger partial charge in [-0.1, -0.05) is 0 Å². The Kier molecular flexibility index (Phi) is 3.27. The Labute approximate surface area is 117 Å². The van der Waals surface area contributed by atoms with Gasteiger partial charge in [0.1, 0.15) is 12.4 Å². The van der Waals surface area contributed by atoms with Crippen LogP contribution in [0.3, 0.4) is 0 Å². The molecule has 0 atom stereocenters. The average molecular weight is 289 g/mol. The van der Waals surface area contributed by atoms with Crippen LogP contribution >= 0.6 is 0 Å². The molecule has 0 fully saturated rings. The molecule has 21 heavy (non-hydrogen) atoms. The van der Waals surface area contributed by atoms with E-state index >= 15 is 0 Å². The molecule has 3 aromatic rings. The van der Waals surface area contributed by atoms with E-state index in [1.807, 2.05) is 0 Å². The highest BCUT2D eigenvalue weighted by Gasteiger charge is 2.12. The van der Waals surface area contributed by atoms with Crippen LogP contribution in [0.1, 0.15) is 16.2 Å². The lowest BCUT2D eigenvalue weighted by atomic mass is 10.3. The lowest BCUT2D eigenvalue weighted by Gasteiger charge is -2.05. The van der Waals surface area contributed by atoms with Crippen LogP contribution < -0.4 is 5.32 Å². The van der Waals surface area contributed by atoms with Crippen molar-refractivity contribution in [2.45, 2.75) is 6.67 Å². The number of hydrogen-bond donors (Lipinski definition) is 1. The van der Waals surface area contributed by atoms with Crippen molar-refractivity contribution in [3.8, 4) is 0 Å². The number of rotatable bonds is 3. The van der Waals surface area contributed by atoms with Crippen molar-refractivity contribution in [2.75, 3.05) is 5.32 Å². The highest BCUT2D eigenvalue weighted by Crippen LogP contribution is 2.17. The molecule has 1 amide bonds. The topological polar surface area (TPSA) is 72.2 Å². The summed E-state index contributed by atoms with van der Waals surface area (Å²) in [6, 6.07) is 1.11. The number of nitrogens with zero attached hydrogens (tertiary/aromatic N) is 4. The Morgan fingerprint density at radius 2 is 2.19 bits per heavy atom. The Morgan fingerprint density at radius 3 is 2.90 bits per heavy atom. The largest absolute Gasteiger partial charge is 0.319 e. The molecule has 0 aliphatic carbocycles. The maximum atomic E-state index is 13.9. The Morgan fingerprint density at radius 1 is 1.33 bits per heavy atom. The number of pyridine rings is 1. The SMILES string of the molecule is O=C(Nc1cc(F)c2nc(CF)cn2c1)c1cnccn1. The first-order chi connectivity index (χ1) is 10.2. The van der Waals surface area contributed by atoms with Gasteiger partial charge >= 0.3 is 0 Å². The number of nitrogens with one attached hydrogen (secondary N) is 1. The predicted molar refractivity (Wildman–Crippen MR) is 69.9 cm³/mol. The van der Waals surface area contributed by atoms with Crippen LogP contribution in [0.4, 0.5) is 14.5 Å². The number of hydrogen-bond acceptors (Lipinski definition) is 4. The fourth-order valence-electron chi connectivity index (χ4n) is 1.85. The van der Waals surface area contributed by atoms with Gasteiger partial charge in [0.2, 0.25) is 0 Å². The third-order valence-electron chi connectivity index (χ3n) is 2.75. The molecule has 3 rings (SSSR count). The fraction of sp³-hybridized carbons (Fsp3) is 0.0769. The van der Waals surface area contributed by atoms with Crippen LogP contribution in [-0.2, 0) is 6.67 Å². The zero-order chi connectivity index (χ0) is 14.8. The van der Waals surface area contributed by atoms with Crippen LogP contribution in [0.2, 0.25) is 0 Å². The summed E-state index contributed by atoms with van der Waals surface area (Å²) in [5, 5.41) is 2.49. The quantitative estimate of drug-likeness (QED) is 0.800. The minimum atomic E-state index is -0.789. The number of anilines is 1. The summed E-state index contributed by atoms with van der Waals surface area (Å²) in [7, 11) is 0. The maximum absolute atomic E-state index is 13.9. The molecule has 0 radical (unpaired) electrons. The van der Waals surface area contributed by atoms with Gasteiger partial charge in [0.25, 0.3) is 5.91 Å². The number of amides is 1. The van der Waals surface area contributed by atoms with Crippen molar-refractivity contribution < 1.29 is 13.6 Å². The predicted octanol–water partition coefficient (Wildman–Crippen LogP) is 1.99. The first kappa shape index (κ1) is 13.1. The minimum Gasteiger partial charge on any atom is -0.319 e. The molecule has 0 saturated heterocycles. The highest BCUT2D eigenvalue weighted by atomic mass is 19.1. The first-order valence-corrected chi connectivity index (χ1v) is 5.98. The lowest BCUT2D eigenvalue weighted by molar-refractivity contribution is 0.102. The van der Waals surface area contributed by atoms with Crippen LogP contribution in [0, 0.1) is 5.82 Å². The summed E-state index contributed by atoms with van der Waals surface area (Å²) < 4.78 is 27.7. The molecule has 0 saturated carbocycles. The van der Waals surface area contributed by atoms with Gasteiger partial charge in [-0.15, -0.1) is 0 Å². The van der Waals surface area contributed by atoms with Gasteiger partial charge in [0, 0.05) is 30.9 Å². The number of alkyl halides is 1. The molecule has 0 unspecified atom stereocenters. The van der Waals surface area contributed by atoms with Crippen molar-refractivity contribution in [3.05, 3.63) is 54.3 Å². The van der Waals surface area contributed by atoms with Crippen LogP contribution in [0.5, 0.6) is 0 Å². The second-order valence-corrected chi connectivity index (χ2v) is 4.22. The van der Waals surface area contributed by atoms with E-state index in [0.717, 1.165) is 6.07 Å². The molecule has 0 aliphatic rings. The third kappa shape index (κ3) is 2.55. The molecular weight excluding hydrogens is 280 g/mol. The van der Waals surface area contributed by atoms with Crippen LogP contribution in [0.15, 0.2) is 37.1 Å². The van der Waals surface area contributed by atoms with E-state index in [2.05, 4.69) is 20.3 Å². The van der Waals surface area contributed by atoms with Crippen molar-refractivity contribution in [1.82, 2.24) is 19.4 Å². The molecule has 6 nitrogen and oxygen atoms in total. The first-order valence-electron chi connectivity index (χ1n) is 5.98. The molecule has 3 aromatic heterocycles. The molecule has 1 N–H and O–H groups in total. The highest BCUT2D eigenvalue weighted by molar-refractivity contribution is 6.02. The number of aromatic nitrogens is 4. The van der Waals surface area contributed by atoms with Crippen LogP contribution in [0.25, 0.3) is 5.65 Å². The number of carbonyl (C=O) groups is 1. The maximum Gasteiger partial charge on any atom is 0.275 e. The fourth-order valence-corrected chi connectivity index (χ4v) is 1.85. The van der Waals surface area contributed by atoms with Gasteiger partial charge in [0.15, 0.2) is 11.5 Å². The summed E-state index contributed by atoms with van der Waals surface area (Å²) in [5.41, 5.74) is 0.429. The zero-order valence-electron chi connectivity index (χ0n) is 10.6.